The fourth-order valence-corrected chi connectivity index (χ4v) is 1.75. The zero-order valence-corrected chi connectivity index (χ0v) is 10.1. The maximum atomic E-state index is 11.5. The molecule has 0 aliphatic rings. The summed E-state index contributed by atoms with van der Waals surface area (Å²) >= 11 is 9.19. The van der Waals surface area contributed by atoms with Gasteiger partial charge in [0.05, 0.1) is 10.7 Å². The number of rotatable bonds is 2. The van der Waals surface area contributed by atoms with E-state index in [1.807, 2.05) is 0 Å². The van der Waals surface area contributed by atoms with Gasteiger partial charge in [0.1, 0.15) is 0 Å². The molecule has 6 nitrogen and oxygen atoms in total. The first kappa shape index (κ1) is 11.0. The standard InChI is InChI=1S/C8H5BrClN5O/c9-4-1-2-6(5(10)3-4)11-8(16)7-12-14-15-13-7/h1-3H,(H,11,16)(H,12,13,14,15). The topological polar surface area (TPSA) is 83.6 Å². The van der Waals surface area contributed by atoms with Crippen LogP contribution in [0.1, 0.15) is 10.6 Å². The van der Waals surface area contributed by atoms with E-state index in [9.17, 15) is 4.79 Å². The van der Waals surface area contributed by atoms with Gasteiger partial charge in [-0.1, -0.05) is 27.5 Å². The lowest BCUT2D eigenvalue weighted by Gasteiger charge is -2.04. The van der Waals surface area contributed by atoms with Crippen molar-refractivity contribution < 1.29 is 4.79 Å². The summed E-state index contributed by atoms with van der Waals surface area (Å²) in [5, 5.41) is 15.6. The fraction of sp³-hybridized carbons (Fsp3) is 0. The number of benzene rings is 1. The summed E-state index contributed by atoms with van der Waals surface area (Å²) in [6.45, 7) is 0. The average molecular weight is 303 g/mol. The second kappa shape index (κ2) is 4.58. The van der Waals surface area contributed by atoms with E-state index in [0.717, 1.165) is 4.47 Å². The first-order valence-electron chi connectivity index (χ1n) is 4.16. The van der Waals surface area contributed by atoms with Crippen molar-refractivity contribution in [1.82, 2.24) is 20.6 Å². The normalized spacial score (nSPS) is 10.1. The van der Waals surface area contributed by atoms with Crippen molar-refractivity contribution in [1.29, 1.82) is 0 Å². The van der Waals surface area contributed by atoms with Crippen molar-refractivity contribution in [2.24, 2.45) is 0 Å². The Hall–Kier alpha value is -1.47. The van der Waals surface area contributed by atoms with E-state index in [2.05, 4.69) is 41.9 Å². The maximum absolute atomic E-state index is 11.5. The Morgan fingerprint density at radius 2 is 2.31 bits per heavy atom. The smallest absolute Gasteiger partial charge is 0.297 e. The number of anilines is 1. The molecule has 2 N–H and O–H groups in total. The lowest BCUT2D eigenvalue weighted by atomic mass is 10.3. The minimum Gasteiger partial charge on any atom is -0.318 e. The highest BCUT2D eigenvalue weighted by atomic mass is 79.9. The van der Waals surface area contributed by atoms with Gasteiger partial charge in [-0.25, -0.2) is 0 Å². The van der Waals surface area contributed by atoms with Crippen LogP contribution in [0.25, 0.3) is 0 Å². The summed E-state index contributed by atoms with van der Waals surface area (Å²) in [6, 6.07) is 5.11. The van der Waals surface area contributed by atoms with Crippen molar-refractivity contribution in [3.8, 4) is 0 Å². The number of halogens is 2. The number of nitrogens with zero attached hydrogens (tertiary/aromatic N) is 3. The molecule has 1 aromatic carbocycles. The molecule has 0 spiro atoms. The molecule has 16 heavy (non-hydrogen) atoms. The van der Waals surface area contributed by atoms with E-state index >= 15 is 0 Å². The van der Waals surface area contributed by atoms with Crippen LogP contribution >= 0.6 is 27.5 Å². The zero-order chi connectivity index (χ0) is 11.5. The fourth-order valence-electron chi connectivity index (χ4n) is 1.03. The van der Waals surface area contributed by atoms with E-state index in [-0.39, 0.29) is 5.82 Å². The summed E-state index contributed by atoms with van der Waals surface area (Å²) < 4.78 is 0.829. The van der Waals surface area contributed by atoms with Gasteiger partial charge in [-0.05, 0) is 23.4 Å². The Kier molecular flexibility index (Phi) is 3.16. The molecule has 0 bridgehead atoms. The molecule has 8 heteroatoms. The number of aromatic amines is 1. The molecule has 0 aliphatic carbocycles. The van der Waals surface area contributed by atoms with Gasteiger partial charge in [0.2, 0.25) is 0 Å². The van der Waals surface area contributed by atoms with Crippen molar-refractivity contribution in [2.75, 3.05) is 5.32 Å². The molecule has 0 fully saturated rings. The molecule has 2 aromatic rings. The Balaban J connectivity index is 2.18. The van der Waals surface area contributed by atoms with Gasteiger partial charge in [-0.15, -0.1) is 10.2 Å². The molecule has 0 radical (unpaired) electrons. The number of tetrazole rings is 1. The van der Waals surface area contributed by atoms with Crippen LogP contribution in [0.4, 0.5) is 5.69 Å². The molecule has 0 unspecified atom stereocenters. The first-order chi connectivity index (χ1) is 7.66. The van der Waals surface area contributed by atoms with Gasteiger partial charge >= 0.3 is 0 Å². The molecular weight excluding hydrogens is 297 g/mol. The first-order valence-corrected chi connectivity index (χ1v) is 5.34. The lowest BCUT2D eigenvalue weighted by molar-refractivity contribution is 0.101. The van der Waals surface area contributed by atoms with Crippen LogP contribution in [-0.2, 0) is 0 Å². The maximum Gasteiger partial charge on any atom is 0.297 e. The summed E-state index contributed by atoms with van der Waals surface area (Å²) in [5.41, 5.74) is 0.486. The van der Waals surface area contributed by atoms with Crippen LogP contribution in [0.5, 0.6) is 0 Å². The van der Waals surface area contributed by atoms with Gasteiger partial charge in [0.25, 0.3) is 11.7 Å². The predicted octanol–water partition coefficient (Wildman–Crippen LogP) is 1.87. The highest BCUT2D eigenvalue weighted by molar-refractivity contribution is 9.10. The number of nitrogens with one attached hydrogen (secondary N) is 2. The lowest BCUT2D eigenvalue weighted by Crippen LogP contribution is -2.14. The molecule has 0 saturated heterocycles. The molecule has 0 atom stereocenters. The predicted molar refractivity (Wildman–Crippen MR) is 61.3 cm³/mol. The third-order valence-electron chi connectivity index (χ3n) is 1.73. The number of carbonyl (C=O) groups is 1. The summed E-state index contributed by atoms with van der Waals surface area (Å²) in [7, 11) is 0. The number of aromatic nitrogens is 4. The largest absolute Gasteiger partial charge is 0.318 e. The average Bonchev–Trinajstić information content (AvgIpc) is 2.75. The van der Waals surface area contributed by atoms with E-state index in [0.29, 0.717) is 10.7 Å². The second-order valence-corrected chi connectivity index (χ2v) is 4.14. The number of H-pyrrole nitrogens is 1. The number of carbonyl (C=O) groups excluding carboxylic acids is 1. The SMILES string of the molecule is O=C(Nc1ccc(Br)cc1Cl)c1nn[nH]n1. The Bertz CT molecular complexity index is 515. The molecule has 0 saturated carbocycles. The van der Waals surface area contributed by atoms with Gasteiger partial charge in [0, 0.05) is 4.47 Å². The minimum absolute atomic E-state index is 0.0426. The van der Waals surface area contributed by atoms with E-state index in [4.69, 9.17) is 11.6 Å². The molecule has 1 heterocycles. The van der Waals surface area contributed by atoms with E-state index in [1.54, 1.807) is 18.2 Å². The number of hydrogen-bond acceptors (Lipinski definition) is 4. The molecule has 82 valence electrons. The van der Waals surface area contributed by atoms with Crippen molar-refractivity contribution in [3.05, 3.63) is 33.5 Å². The Labute approximate surface area is 104 Å². The quantitative estimate of drug-likeness (QED) is 0.887. The van der Waals surface area contributed by atoms with Crippen molar-refractivity contribution in [3.63, 3.8) is 0 Å². The Morgan fingerprint density at radius 1 is 1.50 bits per heavy atom. The minimum atomic E-state index is -0.474. The van der Waals surface area contributed by atoms with Crippen LogP contribution in [0.15, 0.2) is 22.7 Å². The van der Waals surface area contributed by atoms with Crippen LogP contribution in [0, 0.1) is 0 Å². The molecule has 1 aromatic heterocycles. The molecular formula is C8H5BrClN5O. The molecule has 2 rings (SSSR count). The van der Waals surface area contributed by atoms with Crippen LogP contribution in [-0.4, -0.2) is 26.5 Å². The second-order valence-electron chi connectivity index (χ2n) is 2.81. The van der Waals surface area contributed by atoms with Gasteiger partial charge < -0.3 is 5.32 Å². The zero-order valence-electron chi connectivity index (χ0n) is 7.74. The van der Waals surface area contributed by atoms with Crippen LogP contribution in [0.2, 0.25) is 5.02 Å². The Morgan fingerprint density at radius 3 is 2.94 bits per heavy atom. The van der Waals surface area contributed by atoms with Crippen molar-refractivity contribution >= 4 is 39.1 Å². The summed E-state index contributed by atoms with van der Waals surface area (Å²) in [4.78, 5) is 11.5. The summed E-state index contributed by atoms with van der Waals surface area (Å²) in [5.74, 6) is -0.517. The number of hydrogen-bond donors (Lipinski definition) is 2. The highest BCUT2D eigenvalue weighted by Gasteiger charge is 2.12. The third kappa shape index (κ3) is 2.37. The van der Waals surface area contributed by atoms with Crippen LogP contribution < -0.4 is 5.32 Å². The summed E-state index contributed by atoms with van der Waals surface area (Å²) in [6.07, 6.45) is 0. The third-order valence-corrected chi connectivity index (χ3v) is 2.53. The number of amides is 1. The van der Waals surface area contributed by atoms with Gasteiger partial charge in [0.15, 0.2) is 0 Å². The van der Waals surface area contributed by atoms with Gasteiger partial charge in [-0.2, -0.15) is 5.21 Å². The van der Waals surface area contributed by atoms with Crippen molar-refractivity contribution in [2.45, 2.75) is 0 Å². The highest BCUT2D eigenvalue weighted by Crippen LogP contribution is 2.25. The van der Waals surface area contributed by atoms with Gasteiger partial charge in [-0.3, -0.25) is 4.79 Å². The molecule has 0 aliphatic heterocycles. The molecule has 1 amide bonds. The van der Waals surface area contributed by atoms with E-state index < -0.39 is 5.91 Å². The van der Waals surface area contributed by atoms with E-state index in [1.165, 1.54) is 0 Å². The van der Waals surface area contributed by atoms with Crippen LogP contribution in [0.3, 0.4) is 0 Å². The monoisotopic (exact) mass is 301 g/mol.